The third kappa shape index (κ3) is 8.76. The SMILES string of the molecule is CCOCCCCCCN1C[C@H](O)[C@@H](O)[C@@H](OCP(=O)(OCC)OCC)[C@H]1C. The van der Waals surface area contributed by atoms with Crippen molar-refractivity contribution in [2.24, 2.45) is 0 Å². The normalized spacial score (nSPS) is 26.6. The Morgan fingerprint density at radius 2 is 1.64 bits per heavy atom. The fourth-order valence-electron chi connectivity index (χ4n) is 3.46. The van der Waals surface area contributed by atoms with Gasteiger partial charge in [-0.05, 0) is 47.1 Å². The van der Waals surface area contributed by atoms with Crippen LogP contribution in [0, 0.1) is 0 Å². The summed E-state index contributed by atoms with van der Waals surface area (Å²) in [6.07, 6.45) is 1.42. The summed E-state index contributed by atoms with van der Waals surface area (Å²) in [7, 11) is -3.36. The van der Waals surface area contributed by atoms with Crippen molar-refractivity contribution in [3.8, 4) is 0 Å². The average molecular weight is 426 g/mol. The van der Waals surface area contributed by atoms with Gasteiger partial charge in [0.15, 0.2) is 0 Å². The number of nitrogens with zero attached hydrogens (tertiary/aromatic N) is 1. The summed E-state index contributed by atoms with van der Waals surface area (Å²) in [5.41, 5.74) is 0. The van der Waals surface area contributed by atoms with Gasteiger partial charge in [-0.2, -0.15) is 0 Å². The largest absolute Gasteiger partial charge is 0.389 e. The molecule has 0 bridgehead atoms. The highest BCUT2D eigenvalue weighted by molar-refractivity contribution is 7.53. The van der Waals surface area contributed by atoms with Crippen LogP contribution in [0.5, 0.6) is 0 Å². The van der Waals surface area contributed by atoms with Crippen LogP contribution in [0.15, 0.2) is 0 Å². The molecule has 0 aromatic rings. The van der Waals surface area contributed by atoms with Crippen molar-refractivity contribution < 1.29 is 33.3 Å². The first-order chi connectivity index (χ1) is 13.4. The van der Waals surface area contributed by atoms with Gasteiger partial charge in [-0.1, -0.05) is 12.8 Å². The third-order valence-electron chi connectivity index (χ3n) is 4.97. The van der Waals surface area contributed by atoms with Gasteiger partial charge in [0.05, 0.1) is 19.3 Å². The quantitative estimate of drug-likeness (QED) is 0.305. The summed E-state index contributed by atoms with van der Waals surface area (Å²) in [6, 6.07) is -0.112. The van der Waals surface area contributed by atoms with Crippen LogP contribution < -0.4 is 0 Å². The highest BCUT2D eigenvalue weighted by Crippen LogP contribution is 2.48. The van der Waals surface area contributed by atoms with Gasteiger partial charge < -0.3 is 28.7 Å². The van der Waals surface area contributed by atoms with E-state index in [1.165, 1.54) is 0 Å². The Balaban J connectivity index is 2.52. The lowest BCUT2D eigenvalue weighted by atomic mass is 9.94. The molecule has 1 aliphatic rings. The molecule has 1 heterocycles. The van der Waals surface area contributed by atoms with E-state index in [2.05, 4.69) is 4.90 Å². The monoisotopic (exact) mass is 425 g/mol. The van der Waals surface area contributed by atoms with Crippen LogP contribution in [0.4, 0.5) is 0 Å². The topological polar surface area (TPSA) is 97.7 Å². The molecular formula is C19H40NO7P. The van der Waals surface area contributed by atoms with E-state index in [1.54, 1.807) is 13.8 Å². The Morgan fingerprint density at radius 1 is 1.00 bits per heavy atom. The van der Waals surface area contributed by atoms with Crippen LogP contribution in [-0.2, 0) is 23.1 Å². The Kier molecular flexibility index (Phi) is 13.0. The number of unbranched alkanes of at least 4 members (excludes halogenated alkanes) is 3. The first kappa shape index (κ1) is 26.0. The fourth-order valence-corrected chi connectivity index (χ4v) is 4.82. The zero-order chi connectivity index (χ0) is 21.0. The molecule has 2 N–H and O–H groups in total. The van der Waals surface area contributed by atoms with Gasteiger partial charge in [0, 0.05) is 25.8 Å². The summed E-state index contributed by atoms with van der Waals surface area (Å²) in [4.78, 5) is 2.12. The van der Waals surface area contributed by atoms with Crippen LogP contribution in [-0.4, -0.2) is 85.3 Å². The van der Waals surface area contributed by atoms with Gasteiger partial charge in [0.2, 0.25) is 0 Å². The van der Waals surface area contributed by atoms with E-state index in [0.717, 1.165) is 45.4 Å². The second-order valence-electron chi connectivity index (χ2n) is 7.11. The molecule has 0 amide bonds. The Morgan fingerprint density at radius 3 is 2.25 bits per heavy atom. The molecule has 0 saturated carbocycles. The molecular weight excluding hydrogens is 385 g/mol. The molecule has 1 rings (SSSR count). The van der Waals surface area contributed by atoms with E-state index in [-0.39, 0.29) is 25.6 Å². The molecule has 1 fully saturated rings. The summed E-state index contributed by atoms with van der Waals surface area (Å²) >= 11 is 0. The minimum atomic E-state index is -3.36. The number of piperidine rings is 1. The van der Waals surface area contributed by atoms with E-state index < -0.39 is 25.9 Å². The molecule has 4 atom stereocenters. The van der Waals surface area contributed by atoms with Gasteiger partial charge >= 0.3 is 7.60 Å². The summed E-state index contributed by atoms with van der Waals surface area (Å²) in [5.74, 6) is 0. The predicted octanol–water partition coefficient (Wildman–Crippen LogP) is 2.62. The number of hydrogen-bond acceptors (Lipinski definition) is 8. The second kappa shape index (κ2) is 14.0. The minimum Gasteiger partial charge on any atom is -0.389 e. The van der Waals surface area contributed by atoms with Crippen LogP contribution >= 0.6 is 7.60 Å². The lowest BCUT2D eigenvalue weighted by Crippen LogP contribution is -2.61. The lowest BCUT2D eigenvalue weighted by molar-refractivity contribution is -0.150. The molecule has 0 aromatic carbocycles. The number of rotatable bonds is 15. The van der Waals surface area contributed by atoms with Crippen molar-refractivity contribution in [3.05, 3.63) is 0 Å². The van der Waals surface area contributed by atoms with Crippen molar-refractivity contribution in [2.75, 3.05) is 45.9 Å². The van der Waals surface area contributed by atoms with E-state index in [1.807, 2.05) is 13.8 Å². The highest BCUT2D eigenvalue weighted by Gasteiger charge is 2.42. The maximum atomic E-state index is 12.6. The van der Waals surface area contributed by atoms with Crippen molar-refractivity contribution in [1.29, 1.82) is 0 Å². The number of aliphatic hydroxyl groups excluding tert-OH is 2. The van der Waals surface area contributed by atoms with Crippen LogP contribution in [0.1, 0.15) is 53.4 Å². The van der Waals surface area contributed by atoms with E-state index in [0.29, 0.717) is 6.54 Å². The van der Waals surface area contributed by atoms with Crippen LogP contribution in [0.3, 0.4) is 0 Å². The first-order valence-corrected chi connectivity index (χ1v) is 12.3. The first-order valence-electron chi connectivity index (χ1n) is 10.6. The smallest absolute Gasteiger partial charge is 0.356 e. The van der Waals surface area contributed by atoms with Crippen molar-refractivity contribution in [2.45, 2.75) is 77.7 Å². The lowest BCUT2D eigenvalue weighted by Gasteiger charge is -2.44. The van der Waals surface area contributed by atoms with Gasteiger partial charge in [0.25, 0.3) is 0 Å². The molecule has 0 aromatic heterocycles. The van der Waals surface area contributed by atoms with Gasteiger partial charge in [-0.15, -0.1) is 0 Å². The van der Waals surface area contributed by atoms with Crippen molar-refractivity contribution >= 4 is 7.60 Å². The predicted molar refractivity (Wildman–Crippen MR) is 109 cm³/mol. The summed E-state index contributed by atoms with van der Waals surface area (Å²) < 4.78 is 34.2. The molecule has 1 aliphatic heterocycles. The molecule has 28 heavy (non-hydrogen) atoms. The van der Waals surface area contributed by atoms with E-state index >= 15 is 0 Å². The molecule has 8 nitrogen and oxygen atoms in total. The number of ether oxygens (including phenoxy) is 2. The second-order valence-corrected chi connectivity index (χ2v) is 9.11. The van der Waals surface area contributed by atoms with E-state index in [4.69, 9.17) is 18.5 Å². The third-order valence-corrected chi connectivity index (χ3v) is 6.74. The number of likely N-dealkylation sites (tertiary alicyclic amines) is 1. The zero-order valence-electron chi connectivity index (χ0n) is 17.9. The summed E-state index contributed by atoms with van der Waals surface area (Å²) in [5, 5.41) is 20.6. The van der Waals surface area contributed by atoms with Crippen molar-refractivity contribution in [3.63, 3.8) is 0 Å². The molecule has 0 unspecified atom stereocenters. The molecule has 0 aliphatic carbocycles. The minimum absolute atomic E-state index is 0.112. The van der Waals surface area contributed by atoms with Crippen LogP contribution in [0.2, 0.25) is 0 Å². The Labute approximate surface area is 170 Å². The number of β-amino-alcohol motifs (C(OH)–C–C–N with tert-alkyl or cyclic N) is 1. The Bertz CT molecular complexity index is 444. The molecule has 0 spiro atoms. The number of aliphatic hydroxyl groups is 2. The molecule has 168 valence electrons. The van der Waals surface area contributed by atoms with Crippen molar-refractivity contribution in [1.82, 2.24) is 4.90 Å². The maximum absolute atomic E-state index is 12.6. The average Bonchev–Trinajstić information content (AvgIpc) is 2.65. The molecule has 0 radical (unpaired) electrons. The maximum Gasteiger partial charge on any atom is 0.356 e. The van der Waals surface area contributed by atoms with E-state index in [9.17, 15) is 14.8 Å². The Hall–Kier alpha value is -0.0500. The van der Waals surface area contributed by atoms with Gasteiger partial charge in [-0.25, -0.2) is 0 Å². The van der Waals surface area contributed by atoms with Gasteiger partial charge in [-0.3, -0.25) is 9.46 Å². The molecule has 1 saturated heterocycles. The van der Waals surface area contributed by atoms with Gasteiger partial charge in [0.1, 0.15) is 18.6 Å². The zero-order valence-corrected chi connectivity index (χ0v) is 18.8. The summed E-state index contributed by atoms with van der Waals surface area (Å²) in [6.45, 7) is 10.7. The molecule has 9 heteroatoms. The van der Waals surface area contributed by atoms with Crippen LogP contribution in [0.25, 0.3) is 0 Å². The fraction of sp³-hybridized carbons (Fsp3) is 1.00. The number of hydrogen-bond donors (Lipinski definition) is 2. The highest BCUT2D eigenvalue weighted by atomic mass is 31.2. The standard InChI is InChI=1S/C19H40NO7P/c1-5-24-13-11-9-8-10-12-20-14-17(21)18(22)19(16(20)4)25-15-28(23,26-6-2)27-7-3/h16-19,21-22H,5-15H2,1-4H3/t16-,17+,18-,19+/m1/s1.